The van der Waals surface area contributed by atoms with Crippen LogP contribution >= 0.6 is 0 Å². The molecule has 0 radical (unpaired) electrons. The van der Waals surface area contributed by atoms with E-state index >= 15 is 0 Å². The van der Waals surface area contributed by atoms with Crippen LogP contribution in [0.2, 0.25) is 0 Å². The van der Waals surface area contributed by atoms with Crippen LogP contribution in [0.25, 0.3) is 0 Å². The van der Waals surface area contributed by atoms with Crippen molar-refractivity contribution < 1.29 is 39.4 Å². The molecule has 28 heavy (non-hydrogen) atoms. The highest BCUT2D eigenvalue weighted by atomic mass is 16.6. The number of ether oxygens (including phenoxy) is 4. The molecule has 0 aliphatic carbocycles. The van der Waals surface area contributed by atoms with Gasteiger partial charge in [-0.05, 0) is 12.8 Å². The molecule has 4 N–H and O–H groups in total. The first-order valence-electron chi connectivity index (χ1n) is 10.6. The Morgan fingerprint density at radius 2 is 0.929 bits per heavy atom. The van der Waals surface area contributed by atoms with E-state index in [2.05, 4.69) is 13.8 Å². The van der Waals surface area contributed by atoms with Crippen molar-refractivity contribution in [2.45, 2.75) is 77.8 Å². The Morgan fingerprint density at radius 1 is 0.536 bits per heavy atom. The largest absolute Gasteiger partial charge is 0.391 e. The van der Waals surface area contributed by atoms with E-state index in [9.17, 15) is 0 Å². The third kappa shape index (κ3) is 27.9. The standard InChI is InChI=1S/2C10H22O4/c2*1-2-3-4-5-6-13-7-8-14-10(12)9-11/h2*10-12H,2-9H2,1H3. The second-order valence-electron chi connectivity index (χ2n) is 6.36. The molecule has 0 saturated carbocycles. The summed E-state index contributed by atoms with van der Waals surface area (Å²) in [7, 11) is 0. The molecule has 0 heterocycles. The quantitative estimate of drug-likeness (QED) is 0.177. The highest BCUT2D eigenvalue weighted by Crippen LogP contribution is 1.99. The van der Waals surface area contributed by atoms with Gasteiger partial charge in [0.25, 0.3) is 0 Å². The molecule has 0 aliphatic rings. The summed E-state index contributed by atoms with van der Waals surface area (Å²) < 4.78 is 20.1. The summed E-state index contributed by atoms with van der Waals surface area (Å²) in [4.78, 5) is 0. The minimum absolute atomic E-state index is 0.329. The molecule has 172 valence electrons. The predicted molar refractivity (Wildman–Crippen MR) is 108 cm³/mol. The molecular weight excluding hydrogens is 368 g/mol. The molecule has 0 rings (SSSR count). The van der Waals surface area contributed by atoms with Crippen molar-refractivity contribution in [3.05, 3.63) is 0 Å². The fraction of sp³-hybridized carbons (Fsp3) is 1.00. The van der Waals surface area contributed by atoms with Gasteiger partial charge >= 0.3 is 0 Å². The number of unbranched alkanes of at least 4 members (excludes halogenated alkanes) is 6. The minimum atomic E-state index is -1.07. The molecule has 0 aromatic heterocycles. The van der Waals surface area contributed by atoms with Gasteiger partial charge in [0.15, 0.2) is 12.6 Å². The van der Waals surface area contributed by atoms with Crippen molar-refractivity contribution in [2.75, 3.05) is 52.9 Å². The first kappa shape index (κ1) is 29.9. The topological polar surface area (TPSA) is 118 Å². The number of aliphatic hydroxyl groups is 4. The van der Waals surface area contributed by atoms with Gasteiger partial charge in [0.2, 0.25) is 0 Å². The molecule has 2 atom stereocenters. The number of rotatable bonds is 20. The maximum atomic E-state index is 8.80. The van der Waals surface area contributed by atoms with Crippen LogP contribution in [-0.2, 0) is 18.9 Å². The summed E-state index contributed by atoms with van der Waals surface area (Å²) in [5, 5.41) is 34.4. The number of aliphatic hydroxyl groups excluding tert-OH is 4. The van der Waals surface area contributed by atoms with E-state index in [0.29, 0.717) is 26.4 Å². The summed E-state index contributed by atoms with van der Waals surface area (Å²) in [6.07, 6.45) is 7.39. The average molecular weight is 413 g/mol. The van der Waals surface area contributed by atoms with Gasteiger partial charge in [-0.3, -0.25) is 0 Å². The van der Waals surface area contributed by atoms with Crippen molar-refractivity contribution >= 4 is 0 Å². The smallest absolute Gasteiger partial charge is 0.177 e. The van der Waals surface area contributed by atoms with E-state index in [0.717, 1.165) is 26.1 Å². The highest BCUT2D eigenvalue weighted by Gasteiger charge is 2.00. The second kappa shape index (κ2) is 26.7. The van der Waals surface area contributed by atoms with Gasteiger partial charge in [-0.2, -0.15) is 0 Å². The molecule has 0 saturated heterocycles. The molecule has 0 fully saturated rings. The average Bonchev–Trinajstić information content (AvgIpc) is 2.72. The minimum Gasteiger partial charge on any atom is -0.391 e. The lowest BCUT2D eigenvalue weighted by atomic mass is 10.2. The van der Waals surface area contributed by atoms with E-state index in [1.54, 1.807) is 0 Å². The normalized spacial score (nSPS) is 13.1. The Bertz CT molecular complexity index is 243. The molecule has 8 nitrogen and oxygen atoms in total. The molecule has 2 unspecified atom stereocenters. The maximum absolute atomic E-state index is 8.80. The van der Waals surface area contributed by atoms with Crippen LogP contribution in [0, 0.1) is 0 Å². The van der Waals surface area contributed by atoms with Gasteiger partial charge in [-0.25, -0.2) is 0 Å². The van der Waals surface area contributed by atoms with E-state index in [-0.39, 0.29) is 13.2 Å². The molecule has 0 bridgehead atoms. The van der Waals surface area contributed by atoms with Crippen LogP contribution in [0.5, 0.6) is 0 Å². The van der Waals surface area contributed by atoms with Crippen molar-refractivity contribution in [1.82, 2.24) is 0 Å². The van der Waals surface area contributed by atoms with Crippen LogP contribution in [0.4, 0.5) is 0 Å². The highest BCUT2D eigenvalue weighted by molar-refractivity contribution is 4.41. The zero-order valence-corrected chi connectivity index (χ0v) is 17.9. The molecule has 0 aromatic carbocycles. The van der Waals surface area contributed by atoms with Crippen molar-refractivity contribution in [1.29, 1.82) is 0 Å². The molecular formula is C20H44O8. The van der Waals surface area contributed by atoms with Gasteiger partial charge in [-0.15, -0.1) is 0 Å². The maximum Gasteiger partial charge on any atom is 0.177 e. The van der Waals surface area contributed by atoms with Crippen molar-refractivity contribution in [3.8, 4) is 0 Å². The first-order valence-corrected chi connectivity index (χ1v) is 10.6. The third-order valence-corrected chi connectivity index (χ3v) is 3.67. The van der Waals surface area contributed by atoms with Gasteiger partial charge in [0.1, 0.15) is 0 Å². The Kier molecular flexibility index (Phi) is 28.5. The summed E-state index contributed by atoms with van der Waals surface area (Å²) >= 11 is 0. The Hall–Kier alpha value is -0.320. The molecule has 0 aliphatic heterocycles. The Labute approximate surface area is 170 Å². The summed E-state index contributed by atoms with van der Waals surface area (Å²) in [5.74, 6) is 0. The van der Waals surface area contributed by atoms with Gasteiger partial charge in [-0.1, -0.05) is 52.4 Å². The first-order chi connectivity index (χ1) is 13.6. The van der Waals surface area contributed by atoms with Gasteiger partial charge < -0.3 is 39.4 Å². The number of hydrogen-bond donors (Lipinski definition) is 4. The van der Waals surface area contributed by atoms with Crippen LogP contribution in [0.3, 0.4) is 0 Å². The SMILES string of the molecule is CCCCCCOCCOC(O)CO.CCCCCCOCCOC(O)CO. The molecule has 0 amide bonds. The van der Waals surface area contributed by atoms with Crippen molar-refractivity contribution in [3.63, 3.8) is 0 Å². The van der Waals surface area contributed by atoms with Crippen LogP contribution < -0.4 is 0 Å². The molecule has 0 aromatic rings. The van der Waals surface area contributed by atoms with Crippen LogP contribution in [-0.4, -0.2) is 85.9 Å². The van der Waals surface area contributed by atoms with Gasteiger partial charge in [0.05, 0.1) is 39.6 Å². The zero-order chi connectivity index (χ0) is 21.3. The van der Waals surface area contributed by atoms with E-state index < -0.39 is 12.6 Å². The third-order valence-electron chi connectivity index (χ3n) is 3.67. The summed E-state index contributed by atoms with van der Waals surface area (Å²) in [5.41, 5.74) is 0. The number of hydrogen-bond acceptors (Lipinski definition) is 8. The lowest BCUT2D eigenvalue weighted by Gasteiger charge is -2.08. The summed E-state index contributed by atoms with van der Waals surface area (Å²) in [6, 6.07) is 0. The zero-order valence-electron chi connectivity index (χ0n) is 17.9. The van der Waals surface area contributed by atoms with Gasteiger partial charge in [0, 0.05) is 13.2 Å². The molecule has 8 heteroatoms. The molecule has 0 spiro atoms. The van der Waals surface area contributed by atoms with E-state index in [1.165, 1.54) is 38.5 Å². The van der Waals surface area contributed by atoms with E-state index in [1.807, 2.05) is 0 Å². The monoisotopic (exact) mass is 412 g/mol. The second-order valence-corrected chi connectivity index (χ2v) is 6.36. The Morgan fingerprint density at radius 3 is 1.25 bits per heavy atom. The fourth-order valence-corrected chi connectivity index (χ4v) is 2.06. The van der Waals surface area contributed by atoms with Crippen LogP contribution in [0.15, 0.2) is 0 Å². The lowest BCUT2D eigenvalue weighted by Crippen LogP contribution is -2.19. The van der Waals surface area contributed by atoms with E-state index in [4.69, 9.17) is 39.4 Å². The fourth-order valence-electron chi connectivity index (χ4n) is 2.06. The van der Waals surface area contributed by atoms with Crippen molar-refractivity contribution in [2.24, 2.45) is 0 Å². The predicted octanol–water partition coefficient (Wildman–Crippen LogP) is 1.82. The summed E-state index contributed by atoms with van der Waals surface area (Å²) in [6.45, 7) is 6.72. The van der Waals surface area contributed by atoms with Crippen LogP contribution in [0.1, 0.15) is 65.2 Å². The Balaban J connectivity index is 0. The lowest BCUT2D eigenvalue weighted by molar-refractivity contribution is -0.134.